The van der Waals surface area contributed by atoms with Crippen LogP contribution in [0.15, 0.2) is 18.2 Å². The molecule has 0 unspecified atom stereocenters. The third-order valence-corrected chi connectivity index (χ3v) is 8.64. The number of imide groups is 1. The largest absolute Gasteiger partial charge is 0.479 e. The van der Waals surface area contributed by atoms with Gasteiger partial charge in [-0.1, -0.05) is 6.07 Å². The molecule has 0 radical (unpaired) electrons. The molecule has 23 heteroatoms. The number of nitrogens with one attached hydrogen (secondary N) is 2. The van der Waals surface area contributed by atoms with E-state index in [2.05, 4.69) is 10.6 Å². The molecule has 2 heterocycles. The molecule has 0 saturated carbocycles. The SMILES string of the molecule is CC(C)(C)C(=O)OCc1ccc(O[C@@H]2O[C@H](C(=O)O)[C@@H](O)[C@H](O)[C@H]2O)c(NC(=O)CCNC(=O)CCOCCOCCOCCOCCOCCC(=O)ON2C(=O)CCC2=O)c1. The van der Waals surface area contributed by atoms with Gasteiger partial charge in [0.05, 0.1) is 83.6 Å². The zero-order chi connectivity index (χ0) is 45.7. The number of ether oxygens (including phenoxy) is 8. The van der Waals surface area contributed by atoms with Crippen molar-refractivity contribution in [3.05, 3.63) is 23.8 Å². The number of hydroxylamine groups is 2. The van der Waals surface area contributed by atoms with Crippen LogP contribution in [0.25, 0.3) is 0 Å². The topological polar surface area (TPSA) is 311 Å². The molecule has 0 bridgehead atoms. The van der Waals surface area contributed by atoms with Crippen molar-refractivity contribution in [3.8, 4) is 5.75 Å². The zero-order valence-electron chi connectivity index (χ0n) is 34.9. The lowest BCUT2D eigenvalue weighted by atomic mass is 9.97. The van der Waals surface area contributed by atoms with Crippen molar-refractivity contribution in [2.24, 2.45) is 5.41 Å². The molecule has 0 aliphatic carbocycles. The summed E-state index contributed by atoms with van der Waals surface area (Å²) in [5, 5.41) is 45.7. The first kappa shape index (κ1) is 51.5. The van der Waals surface area contributed by atoms with Gasteiger partial charge in [0.1, 0.15) is 30.7 Å². The fraction of sp³-hybridized carbons (Fsp3) is 0.667. The van der Waals surface area contributed by atoms with Crippen LogP contribution in [-0.4, -0.2) is 170 Å². The molecule has 0 aromatic heterocycles. The molecule has 1 aromatic rings. The van der Waals surface area contributed by atoms with Gasteiger partial charge in [-0.15, -0.1) is 5.06 Å². The van der Waals surface area contributed by atoms with Crippen LogP contribution in [0.4, 0.5) is 5.69 Å². The number of aliphatic carboxylic acids is 1. The number of aliphatic hydroxyl groups excluding tert-OH is 3. The van der Waals surface area contributed by atoms with E-state index >= 15 is 0 Å². The van der Waals surface area contributed by atoms with E-state index in [1.807, 2.05) is 0 Å². The van der Waals surface area contributed by atoms with Gasteiger partial charge in [-0.3, -0.25) is 24.0 Å². The number of carbonyl (C=O) groups excluding carboxylic acids is 6. The predicted octanol–water partition coefficient (Wildman–Crippen LogP) is -1.04. The van der Waals surface area contributed by atoms with E-state index in [-0.39, 0.29) is 102 Å². The van der Waals surface area contributed by atoms with Gasteiger partial charge in [0, 0.05) is 32.2 Å². The summed E-state index contributed by atoms with van der Waals surface area (Å²) in [6.07, 6.45) is -9.68. The van der Waals surface area contributed by atoms with Crippen molar-refractivity contribution < 1.29 is 96.7 Å². The van der Waals surface area contributed by atoms with E-state index in [0.29, 0.717) is 37.1 Å². The lowest BCUT2D eigenvalue weighted by Gasteiger charge is -2.38. The van der Waals surface area contributed by atoms with E-state index in [9.17, 15) is 54.0 Å². The van der Waals surface area contributed by atoms with Crippen molar-refractivity contribution in [3.63, 3.8) is 0 Å². The molecule has 3 rings (SSSR count). The maximum atomic E-state index is 12.9. The lowest BCUT2D eigenvalue weighted by Crippen LogP contribution is -2.61. The van der Waals surface area contributed by atoms with Crippen molar-refractivity contribution in [1.29, 1.82) is 0 Å². The molecule has 23 nitrogen and oxygen atoms in total. The quantitative estimate of drug-likeness (QED) is 0.0333. The van der Waals surface area contributed by atoms with Crippen molar-refractivity contribution >= 4 is 47.2 Å². The normalized spacial score (nSPS) is 20.2. The Morgan fingerprint density at radius 2 is 1.29 bits per heavy atom. The third-order valence-electron chi connectivity index (χ3n) is 8.64. The first-order valence-corrected chi connectivity index (χ1v) is 19.9. The zero-order valence-corrected chi connectivity index (χ0v) is 34.9. The van der Waals surface area contributed by atoms with Crippen LogP contribution in [0.1, 0.15) is 58.4 Å². The average Bonchev–Trinajstić information content (AvgIpc) is 3.53. The molecule has 5 atom stereocenters. The van der Waals surface area contributed by atoms with Crippen molar-refractivity contribution in [2.45, 2.75) is 90.2 Å². The molecule has 1 aromatic carbocycles. The fourth-order valence-electron chi connectivity index (χ4n) is 5.23. The Balaban J connectivity index is 1.25. The molecular weight excluding hydrogens is 830 g/mol. The van der Waals surface area contributed by atoms with E-state index in [1.54, 1.807) is 20.8 Å². The number of rotatable bonds is 28. The Labute approximate surface area is 357 Å². The molecular formula is C39H57N3O20. The van der Waals surface area contributed by atoms with Gasteiger partial charge in [-0.25, -0.2) is 9.59 Å². The third kappa shape index (κ3) is 18.2. The first-order valence-electron chi connectivity index (χ1n) is 19.9. The highest BCUT2D eigenvalue weighted by Gasteiger charge is 2.48. The predicted molar refractivity (Wildman–Crippen MR) is 207 cm³/mol. The molecule has 62 heavy (non-hydrogen) atoms. The second-order valence-corrected chi connectivity index (χ2v) is 14.8. The van der Waals surface area contributed by atoms with Crippen LogP contribution in [0.5, 0.6) is 5.75 Å². The molecule has 2 saturated heterocycles. The summed E-state index contributed by atoms with van der Waals surface area (Å²) in [6.45, 7) is 7.16. The van der Waals surface area contributed by atoms with Gasteiger partial charge in [0.15, 0.2) is 6.10 Å². The van der Waals surface area contributed by atoms with Crippen molar-refractivity contribution in [2.75, 3.05) is 77.9 Å². The van der Waals surface area contributed by atoms with E-state index in [0.717, 1.165) is 0 Å². The van der Waals surface area contributed by atoms with Gasteiger partial charge < -0.3 is 73.8 Å². The molecule has 2 fully saturated rings. The van der Waals surface area contributed by atoms with Gasteiger partial charge in [-0.05, 0) is 38.5 Å². The van der Waals surface area contributed by atoms with E-state index in [1.165, 1.54) is 18.2 Å². The number of esters is 1. The summed E-state index contributed by atoms with van der Waals surface area (Å²) in [5.74, 6) is -4.99. The Morgan fingerprint density at radius 3 is 1.84 bits per heavy atom. The number of carbonyl (C=O) groups is 7. The van der Waals surface area contributed by atoms with E-state index < -0.39 is 71.8 Å². The Bertz CT molecular complexity index is 1640. The minimum absolute atomic E-state index is 0.0131. The Hall–Kier alpha value is -4.85. The highest BCUT2D eigenvalue weighted by Crippen LogP contribution is 2.31. The molecule has 4 amide bonds. The Kier molecular flexibility index (Phi) is 22.1. The number of hydrogen-bond acceptors (Lipinski definition) is 19. The standard InChI is InChI=1S/C39H57N3O20/c1-39(2,3)38(53)59-23-24-4-5-26(60-37-34(50)32(48)33(49)35(61-37)36(51)52)25(22-24)41-28(44)8-11-40-27(43)9-12-54-14-16-56-18-20-58-21-19-57-17-15-55-13-10-31(47)62-42-29(45)6-7-30(42)46/h4-5,22,32-35,37,48-50H,6-21,23H2,1-3H3,(H,40,43)(H,41,44)(H,51,52)/t32-,33-,34+,35-,37+/m0/s1. The summed E-state index contributed by atoms with van der Waals surface area (Å²) in [5.41, 5.74) is -0.337. The average molecular weight is 888 g/mol. The number of benzene rings is 1. The number of amides is 4. The molecule has 2 aliphatic heterocycles. The first-order chi connectivity index (χ1) is 29.5. The van der Waals surface area contributed by atoms with Gasteiger partial charge in [0.2, 0.25) is 18.1 Å². The van der Waals surface area contributed by atoms with Crippen LogP contribution < -0.4 is 15.4 Å². The highest BCUT2D eigenvalue weighted by atomic mass is 16.7. The maximum Gasteiger partial charge on any atom is 0.335 e. The van der Waals surface area contributed by atoms with Crippen LogP contribution >= 0.6 is 0 Å². The van der Waals surface area contributed by atoms with E-state index in [4.69, 9.17) is 42.7 Å². The maximum absolute atomic E-state index is 12.9. The van der Waals surface area contributed by atoms with Crippen LogP contribution in [-0.2, 0) is 78.2 Å². The number of aliphatic hydroxyl groups is 3. The minimum atomic E-state index is -1.94. The Morgan fingerprint density at radius 1 is 0.742 bits per heavy atom. The summed E-state index contributed by atoms with van der Waals surface area (Å²) in [4.78, 5) is 88.4. The van der Waals surface area contributed by atoms with Gasteiger partial charge in [-0.2, -0.15) is 0 Å². The summed E-state index contributed by atoms with van der Waals surface area (Å²) in [6, 6.07) is 4.26. The fourth-order valence-corrected chi connectivity index (χ4v) is 5.23. The van der Waals surface area contributed by atoms with Crippen LogP contribution in [0.3, 0.4) is 0 Å². The summed E-state index contributed by atoms with van der Waals surface area (Å²) in [7, 11) is 0. The number of carboxylic acids is 1. The molecule has 348 valence electrons. The lowest BCUT2D eigenvalue weighted by molar-refractivity contribution is -0.271. The molecule has 0 spiro atoms. The number of carboxylic acid groups (broad SMARTS) is 1. The molecule has 6 N–H and O–H groups in total. The van der Waals surface area contributed by atoms with Gasteiger partial charge >= 0.3 is 17.9 Å². The van der Waals surface area contributed by atoms with Gasteiger partial charge in [0.25, 0.3) is 11.8 Å². The van der Waals surface area contributed by atoms with Crippen LogP contribution in [0.2, 0.25) is 0 Å². The summed E-state index contributed by atoms with van der Waals surface area (Å²) < 4.78 is 43.1. The monoisotopic (exact) mass is 887 g/mol. The molecule has 2 aliphatic rings. The highest BCUT2D eigenvalue weighted by molar-refractivity contribution is 6.01. The second-order valence-electron chi connectivity index (χ2n) is 14.8. The number of anilines is 1. The van der Waals surface area contributed by atoms with Crippen LogP contribution in [0, 0.1) is 5.41 Å². The minimum Gasteiger partial charge on any atom is -0.479 e. The second kappa shape index (κ2) is 26.6. The number of nitrogens with zero attached hydrogens (tertiary/aromatic N) is 1. The smallest absolute Gasteiger partial charge is 0.335 e. The number of hydrogen-bond donors (Lipinski definition) is 6. The van der Waals surface area contributed by atoms with Crippen molar-refractivity contribution in [1.82, 2.24) is 10.4 Å². The summed E-state index contributed by atoms with van der Waals surface area (Å²) >= 11 is 0.